The third-order valence-corrected chi connectivity index (χ3v) is 9.81. The molecule has 0 heterocycles. The molecule has 2 aliphatic carbocycles. The molecule has 0 radical (unpaired) electrons. The zero-order valence-electron chi connectivity index (χ0n) is 21.4. The SMILES string of the molecule is CCC(P)CCCCCCC(C(=O)O)(C1CCCCCCCC1)C1CCCCCCCC1. The van der Waals surface area contributed by atoms with Crippen molar-refractivity contribution in [2.75, 3.05) is 0 Å². The fraction of sp³-hybridized carbons (Fsp3) is 0.966. The molecule has 0 aliphatic heterocycles. The number of carbonyl (C=O) groups is 1. The topological polar surface area (TPSA) is 37.3 Å². The highest BCUT2D eigenvalue weighted by atomic mass is 31.0. The molecule has 32 heavy (non-hydrogen) atoms. The van der Waals surface area contributed by atoms with Crippen molar-refractivity contribution >= 4 is 15.2 Å². The van der Waals surface area contributed by atoms with Gasteiger partial charge in [0.15, 0.2) is 0 Å². The van der Waals surface area contributed by atoms with Crippen molar-refractivity contribution in [2.45, 2.75) is 160 Å². The minimum absolute atomic E-state index is 0.403. The number of hydrogen-bond donors (Lipinski definition) is 1. The first-order valence-electron chi connectivity index (χ1n) is 14.6. The van der Waals surface area contributed by atoms with E-state index in [0.717, 1.165) is 44.2 Å². The highest BCUT2D eigenvalue weighted by molar-refractivity contribution is 7.17. The lowest BCUT2D eigenvalue weighted by Crippen LogP contribution is -2.45. The van der Waals surface area contributed by atoms with Crippen molar-refractivity contribution < 1.29 is 9.90 Å². The number of carboxylic acids is 1. The second-order valence-corrected chi connectivity index (χ2v) is 12.2. The van der Waals surface area contributed by atoms with Gasteiger partial charge in [-0.25, -0.2) is 0 Å². The lowest BCUT2D eigenvalue weighted by atomic mass is 9.59. The summed E-state index contributed by atoms with van der Waals surface area (Å²) in [6.07, 6.45) is 28.7. The summed E-state index contributed by atoms with van der Waals surface area (Å²) < 4.78 is 0. The fourth-order valence-corrected chi connectivity index (χ4v) is 7.11. The molecule has 2 nitrogen and oxygen atoms in total. The van der Waals surface area contributed by atoms with Crippen LogP contribution in [0.2, 0.25) is 0 Å². The zero-order chi connectivity index (χ0) is 23.1. The first kappa shape index (κ1) is 28.1. The zero-order valence-corrected chi connectivity index (χ0v) is 22.6. The Morgan fingerprint density at radius 1 is 0.750 bits per heavy atom. The van der Waals surface area contributed by atoms with E-state index in [9.17, 15) is 9.90 Å². The van der Waals surface area contributed by atoms with Gasteiger partial charge in [-0.05, 0) is 62.4 Å². The maximum Gasteiger partial charge on any atom is 0.310 e. The van der Waals surface area contributed by atoms with Crippen LogP contribution in [0.25, 0.3) is 0 Å². The summed E-state index contributed by atoms with van der Waals surface area (Å²) in [6.45, 7) is 2.27. The molecule has 0 amide bonds. The van der Waals surface area contributed by atoms with E-state index in [2.05, 4.69) is 16.2 Å². The van der Waals surface area contributed by atoms with Crippen LogP contribution >= 0.6 is 9.24 Å². The van der Waals surface area contributed by atoms with Crippen molar-refractivity contribution in [3.05, 3.63) is 0 Å². The summed E-state index contributed by atoms with van der Waals surface area (Å²) >= 11 is 0. The molecule has 2 fully saturated rings. The Balaban J connectivity index is 2.14. The highest BCUT2D eigenvalue weighted by Gasteiger charge is 2.49. The molecule has 188 valence electrons. The van der Waals surface area contributed by atoms with Gasteiger partial charge in [0.25, 0.3) is 0 Å². The molecule has 2 aliphatic rings. The molecule has 0 bridgehead atoms. The number of aliphatic carboxylic acids is 1. The average Bonchev–Trinajstić information content (AvgIpc) is 3.02. The molecule has 0 aromatic heterocycles. The van der Waals surface area contributed by atoms with E-state index in [4.69, 9.17) is 0 Å². The first-order valence-corrected chi connectivity index (χ1v) is 15.3. The Kier molecular flexibility index (Phi) is 14.5. The summed E-state index contributed by atoms with van der Waals surface area (Å²) in [6, 6.07) is 0. The predicted molar refractivity (Wildman–Crippen MR) is 142 cm³/mol. The molecule has 1 N–H and O–H groups in total. The largest absolute Gasteiger partial charge is 0.481 e. The van der Waals surface area contributed by atoms with Crippen molar-refractivity contribution in [1.82, 2.24) is 0 Å². The predicted octanol–water partition coefficient (Wildman–Crippen LogP) is 9.55. The Hall–Kier alpha value is -0.100. The monoisotopic (exact) mass is 466 g/mol. The van der Waals surface area contributed by atoms with E-state index in [1.807, 2.05) is 0 Å². The molecule has 0 spiro atoms. The summed E-state index contributed by atoms with van der Waals surface area (Å²) in [7, 11) is 2.99. The Bertz CT molecular complexity index is 448. The van der Waals surface area contributed by atoms with Crippen LogP contribution in [0.15, 0.2) is 0 Å². The highest BCUT2D eigenvalue weighted by Crippen LogP contribution is 2.50. The molecule has 0 saturated heterocycles. The minimum atomic E-state index is -0.457. The van der Waals surface area contributed by atoms with Gasteiger partial charge in [0, 0.05) is 0 Å². The third-order valence-electron chi connectivity index (χ3n) is 9.01. The maximum atomic E-state index is 13.2. The maximum absolute atomic E-state index is 13.2. The molecule has 0 aromatic carbocycles. The van der Waals surface area contributed by atoms with Gasteiger partial charge in [0.1, 0.15) is 0 Å². The van der Waals surface area contributed by atoms with Crippen LogP contribution in [0.3, 0.4) is 0 Å². The average molecular weight is 467 g/mol. The van der Waals surface area contributed by atoms with Crippen molar-refractivity contribution in [3.8, 4) is 0 Å². The third kappa shape index (κ3) is 9.27. The molecule has 2 saturated carbocycles. The van der Waals surface area contributed by atoms with Crippen LogP contribution in [0.1, 0.15) is 155 Å². The molecular formula is C29H55O2P. The molecule has 2 unspecified atom stereocenters. The first-order chi connectivity index (χ1) is 15.6. The van der Waals surface area contributed by atoms with Gasteiger partial charge < -0.3 is 5.11 Å². The van der Waals surface area contributed by atoms with Gasteiger partial charge in [-0.1, -0.05) is 110 Å². The lowest BCUT2D eigenvalue weighted by molar-refractivity contribution is -0.160. The second kappa shape index (κ2) is 16.5. The fourth-order valence-electron chi connectivity index (χ4n) is 6.88. The molecule has 2 atom stereocenters. The number of carboxylic acid groups (broad SMARTS) is 1. The van der Waals surface area contributed by atoms with Gasteiger partial charge in [-0.15, -0.1) is 9.24 Å². The van der Waals surface area contributed by atoms with Crippen LogP contribution in [0, 0.1) is 17.3 Å². The van der Waals surface area contributed by atoms with Crippen LogP contribution < -0.4 is 0 Å². The Labute approximate surface area is 202 Å². The molecular weight excluding hydrogens is 411 g/mol. The molecule has 2 rings (SSSR count). The molecule has 0 aromatic rings. The van der Waals surface area contributed by atoms with Gasteiger partial charge in [0.2, 0.25) is 0 Å². The van der Waals surface area contributed by atoms with E-state index in [0.29, 0.717) is 11.8 Å². The van der Waals surface area contributed by atoms with Crippen molar-refractivity contribution in [2.24, 2.45) is 17.3 Å². The lowest BCUT2D eigenvalue weighted by Gasteiger charge is -2.44. The summed E-state index contributed by atoms with van der Waals surface area (Å²) in [4.78, 5) is 13.2. The smallest absolute Gasteiger partial charge is 0.310 e. The van der Waals surface area contributed by atoms with Crippen LogP contribution in [-0.2, 0) is 4.79 Å². The normalized spacial score (nSPS) is 22.1. The van der Waals surface area contributed by atoms with E-state index in [1.54, 1.807) is 0 Å². The van der Waals surface area contributed by atoms with Gasteiger partial charge in [-0.3, -0.25) is 4.79 Å². The van der Waals surface area contributed by atoms with Gasteiger partial charge >= 0.3 is 5.97 Å². The second-order valence-electron chi connectivity index (χ2n) is 11.3. The van der Waals surface area contributed by atoms with E-state index in [-0.39, 0.29) is 0 Å². The summed E-state index contributed by atoms with van der Waals surface area (Å²) in [5.41, 5.74) is 0.298. The number of unbranched alkanes of at least 4 members (excludes halogenated alkanes) is 3. The Morgan fingerprint density at radius 3 is 1.56 bits per heavy atom. The van der Waals surface area contributed by atoms with Crippen LogP contribution in [0.4, 0.5) is 0 Å². The number of rotatable bonds is 11. The van der Waals surface area contributed by atoms with E-state index >= 15 is 0 Å². The number of hydrogen-bond acceptors (Lipinski definition) is 1. The van der Waals surface area contributed by atoms with Crippen molar-refractivity contribution in [3.63, 3.8) is 0 Å². The summed E-state index contributed by atoms with van der Waals surface area (Å²) in [5, 5.41) is 10.9. The van der Waals surface area contributed by atoms with E-state index < -0.39 is 11.4 Å². The quantitative estimate of drug-likeness (QED) is 0.243. The standard InChI is InChI=1S/C29H55O2P/c1-2-27(32)23-17-11-12-18-24-29(28(30)31,25-19-13-7-3-4-8-14-20-25)26-21-15-9-5-6-10-16-22-26/h25-27H,2-24,32H2,1H3,(H,30,31). The van der Waals surface area contributed by atoms with Crippen molar-refractivity contribution in [1.29, 1.82) is 0 Å². The van der Waals surface area contributed by atoms with Gasteiger partial charge in [-0.2, -0.15) is 0 Å². The van der Waals surface area contributed by atoms with Crippen LogP contribution in [-0.4, -0.2) is 16.7 Å². The summed E-state index contributed by atoms with van der Waals surface area (Å²) in [5.74, 6) is 0.378. The Morgan fingerprint density at radius 2 is 1.16 bits per heavy atom. The van der Waals surface area contributed by atoms with Crippen LogP contribution in [0.5, 0.6) is 0 Å². The minimum Gasteiger partial charge on any atom is -0.481 e. The molecule has 3 heteroatoms. The van der Waals surface area contributed by atoms with Gasteiger partial charge in [0.05, 0.1) is 5.41 Å². The van der Waals surface area contributed by atoms with E-state index in [1.165, 1.54) is 109 Å².